The van der Waals surface area contributed by atoms with E-state index in [0.717, 1.165) is 51.5 Å². The lowest BCUT2D eigenvalue weighted by atomic mass is 9.64. The van der Waals surface area contributed by atoms with Gasteiger partial charge in [-0.2, -0.15) is 0 Å². The molecule has 2 heterocycles. The highest BCUT2D eigenvalue weighted by Gasteiger charge is 2.47. The van der Waals surface area contributed by atoms with Crippen LogP contribution in [0.1, 0.15) is 67.4 Å². The summed E-state index contributed by atoms with van der Waals surface area (Å²) in [5, 5.41) is 2.11. The van der Waals surface area contributed by atoms with Gasteiger partial charge in [0.05, 0.1) is 22.1 Å². The topological polar surface area (TPSA) is 52.1 Å². The minimum atomic E-state index is -0.241. The molecule has 0 bridgehead atoms. The second kappa shape index (κ2) is 8.92. The van der Waals surface area contributed by atoms with Crippen molar-refractivity contribution in [1.82, 2.24) is 9.97 Å². The van der Waals surface area contributed by atoms with Crippen molar-refractivity contribution in [3.63, 3.8) is 0 Å². The van der Waals surface area contributed by atoms with Crippen LogP contribution in [-0.2, 0) is 0 Å². The van der Waals surface area contributed by atoms with Gasteiger partial charge in [0.25, 0.3) is 0 Å². The molecule has 1 aromatic heterocycles. The van der Waals surface area contributed by atoms with E-state index in [1.54, 1.807) is 0 Å². The lowest BCUT2D eigenvalue weighted by Gasteiger charge is -2.49. The lowest BCUT2D eigenvalue weighted by Crippen LogP contribution is -2.46. The van der Waals surface area contributed by atoms with Crippen LogP contribution in [0.3, 0.4) is 0 Å². The smallest absolute Gasteiger partial charge is 0.236 e. The highest BCUT2D eigenvalue weighted by atomic mass is 16.5. The number of hydrogen-bond acceptors (Lipinski definition) is 4. The van der Waals surface area contributed by atoms with Gasteiger partial charge < -0.3 is 4.74 Å². The van der Waals surface area contributed by atoms with Crippen LogP contribution in [0, 0.1) is 23.7 Å². The Labute approximate surface area is 228 Å². The molecule has 1 aliphatic heterocycles. The molecule has 4 heteroatoms. The molecule has 4 aromatic carbocycles. The van der Waals surface area contributed by atoms with Gasteiger partial charge in [0.2, 0.25) is 5.78 Å². The molecule has 0 amide bonds. The van der Waals surface area contributed by atoms with E-state index >= 15 is 0 Å². The van der Waals surface area contributed by atoms with Crippen molar-refractivity contribution >= 4 is 38.6 Å². The molecule has 39 heavy (non-hydrogen) atoms. The van der Waals surface area contributed by atoms with Crippen molar-refractivity contribution in [2.45, 2.75) is 51.6 Å². The number of fused-ring (bicyclic) bond motifs is 9. The van der Waals surface area contributed by atoms with Crippen LogP contribution in [0.2, 0.25) is 0 Å². The van der Waals surface area contributed by atoms with E-state index in [1.807, 2.05) is 54.6 Å². The van der Waals surface area contributed by atoms with Crippen LogP contribution in [0.15, 0.2) is 72.8 Å². The number of Topliss-reactive ketones (excluding diaryl/α,β-unsaturated/α-hetero) is 1. The third kappa shape index (κ3) is 3.96. The standard InChI is InChI=1S/C35H30N2O2/c1-21-13-16-27-26(19-21)31-33-32(24-11-7-8-12-25(24)34(31)39-35(27,2)3)37-29-20-23(15-17-28(29)36-33)30(38)18-14-22-9-5-4-6-10-22/h4-12,15,17,20-21,26-27H,13,16,19H2,1-3H3/t21-,26-,27-/m0/s1. The molecule has 0 radical (unpaired) electrons. The summed E-state index contributed by atoms with van der Waals surface area (Å²) in [6.45, 7) is 6.85. The average molecular weight is 511 g/mol. The summed E-state index contributed by atoms with van der Waals surface area (Å²) in [6.07, 6.45) is 3.52. The van der Waals surface area contributed by atoms with Gasteiger partial charge in [-0.3, -0.25) is 4.79 Å². The van der Waals surface area contributed by atoms with Crippen molar-refractivity contribution in [2.75, 3.05) is 0 Å². The molecule has 1 saturated carbocycles. The monoisotopic (exact) mass is 510 g/mol. The Kier molecular flexibility index (Phi) is 5.45. The van der Waals surface area contributed by atoms with Crippen molar-refractivity contribution in [2.24, 2.45) is 11.8 Å². The van der Waals surface area contributed by atoms with Crippen molar-refractivity contribution < 1.29 is 9.53 Å². The molecule has 2 aliphatic rings. The Morgan fingerprint density at radius 1 is 0.897 bits per heavy atom. The average Bonchev–Trinajstić information content (AvgIpc) is 2.95. The molecular weight excluding hydrogens is 480 g/mol. The van der Waals surface area contributed by atoms with Crippen LogP contribution in [0.4, 0.5) is 0 Å². The Morgan fingerprint density at radius 2 is 1.64 bits per heavy atom. The molecule has 5 aromatic rings. The maximum atomic E-state index is 12.9. The number of ketones is 1. The Morgan fingerprint density at radius 3 is 2.46 bits per heavy atom. The number of hydrogen-bond donors (Lipinski definition) is 0. The number of aromatic nitrogens is 2. The maximum Gasteiger partial charge on any atom is 0.236 e. The molecule has 0 unspecified atom stereocenters. The summed E-state index contributed by atoms with van der Waals surface area (Å²) in [4.78, 5) is 23.3. The highest BCUT2D eigenvalue weighted by Crippen LogP contribution is 2.56. The predicted molar refractivity (Wildman–Crippen MR) is 156 cm³/mol. The van der Waals surface area contributed by atoms with Crippen LogP contribution in [0.25, 0.3) is 32.8 Å². The number of benzene rings is 4. The van der Waals surface area contributed by atoms with Gasteiger partial charge in [0.15, 0.2) is 0 Å². The van der Waals surface area contributed by atoms with Crippen LogP contribution in [0.5, 0.6) is 5.75 Å². The first-order valence-electron chi connectivity index (χ1n) is 13.9. The van der Waals surface area contributed by atoms with Crippen LogP contribution in [-0.4, -0.2) is 21.4 Å². The molecule has 192 valence electrons. The van der Waals surface area contributed by atoms with E-state index in [9.17, 15) is 4.79 Å². The summed E-state index contributed by atoms with van der Waals surface area (Å²) in [6, 6.07) is 23.4. The van der Waals surface area contributed by atoms with Gasteiger partial charge in [-0.15, -0.1) is 0 Å². The first kappa shape index (κ1) is 23.9. The fraction of sp³-hybridized carbons (Fsp3) is 0.286. The van der Waals surface area contributed by atoms with Gasteiger partial charge in [-0.25, -0.2) is 9.97 Å². The predicted octanol–water partition coefficient (Wildman–Crippen LogP) is 7.86. The summed E-state index contributed by atoms with van der Waals surface area (Å²) in [7, 11) is 0. The lowest BCUT2D eigenvalue weighted by molar-refractivity contribution is -0.0115. The Bertz CT molecular complexity index is 1850. The van der Waals surface area contributed by atoms with Gasteiger partial charge >= 0.3 is 0 Å². The molecule has 0 N–H and O–H groups in total. The van der Waals surface area contributed by atoms with E-state index in [-0.39, 0.29) is 11.4 Å². The Balaban J connectivity index is 1.43. The minimum absolute atomic E-state index is 0.229. The van der Waals surface area contributed by atoms with E-state index in [1.165, 1.54) is 12.0 Å². The van der Waals surface area contributed by atoms with Gasteiger partial charge in [-0.1, -0.05) is 61.7 Å². The second-order valence-electron chi connectivity index (χ2n) is 11.7. The summed E-state index contributed by atoms with van der Waals surface area (Å²) < 4.78 is 6.84. The second-order valence-corrected chi connectivity index (χ2v) is 11.7. The molecule has 7 rings (SSSR count). The van der Waals surface area contributed by atoms with Gasteiger partial charge in [0.1, 0.15) is 11.4 Å². The fourth-order valence-electron chi connectivity index (χ4n) is 6.76. The first-order chi connectivity index (χ1) is 18.9. The van der Waals surface area contributed by atoms with Crippen LogP contribution >= 0.6 is 0 Å². The molecule has 4 nitrogen and oxygen atoms in total. The van der Waals surface area contributed by atoms with Gasteiger partial charge in [0, 0.05) is 33.4 Å². The van der Waals surface area contributed by atoms with Crippen LogP contribution < -0.4 is 4.74 Å². The van der Waals surface area contributed by atoms with E-state index in [0.29, 0.717) is 28.8 Å². The molecule has 0 saturated heterocycles. The zero-order valence-corrected chi connectivity index (χ0v) is 22.5. The third-order valence-electron chi connectivity index (χ3n) is 8.69. The number of nitrogens with zero attached hydrogens (tertiary/aromatic N) is 2. The first-order valence-corrected chi connectivity index (χ1v) is 13.9. The molecule has 0 spiro atoms. The maximum absolute atomic E-state index is 12.9. The molecule has 1 aliphatic carbocycles. The number of rotatable bonds is 1. The molecular formula is C35H30N2O2. The van der Waals surface area contributed by atoms with Crippen molar-refractivity contribution in [3.05, 3.63) is 89.5 Å². The minimum Gasteiger partial charge on any atom is -0.487 e. The number of carbonyl (C=O) groups is 1. The zero-order chi connectivity index (χ0) is 26.7. The third-order valence-corrected chi connectivity index (χ3v) is 8.69. The molecule has 1 fully saturated rings. The largest absolute Gasteiger partial charge is 0.487 e. The van der Waals surface area contributed by atoms with Crippen molar-refractivity contribution in [1.29, 1.82) is 0 Å². The number of ether oxygens (including phenoxy) is 1. The summed E-state index contributed by atoms with van der Waals surface area (Å²) in [5.74, 6) is 7.95. The Hall–Kier alpha value is -4.23. The van der Waals surface area contributed by atoms with Crippen molar-refractivity contribution in [3.8, 4) is 17.6 Å². The SMILES string of the molecule is C[C@H]1CC[C@H]2[C@H](C1)c1c(c3ccccc3c3nc4cc(C(=O)C#Cc5ccccc5)ccc4nc13)OC2(C)C. The van der Waals surface area contributed by atoms with E-state index in [4.69, 9.17) is 14.7 Å². The molecule has 3 atom stereocenters. The quantitative estimate of drug-likeness (QED) is 0.0997. The van der Waals surface area contributed by atoms with E-state index < -0.39 is 0 Å². The summed E-state index contributed by atoms with van der Waals surface area (Å²) >= 11 is 0. The van der Waals surface area contributed by atoms with Gasteiger partial charge in [-0.05, 0) is 74.8 Å². The van der Waals surface area contributed by atoms with E-state index in [2.05, 4.69) is 50.8 Å². The summed E-state index contributed by atoms with van der Waals surface area (Å²) in [5.41, 5.74) is 5.58. The highest BCUT2D eigenvalue weighted by molar-refractivity contribution is 6.13. The normalized spacial score (nSPS) is 21.5. The number of carbonyl (C=O) groups excluding carboxylic acids is 1. The zero-order valence-electron chi connectivity index (χ0n) is 22.5. The fourth-order valence-corrected chi connectivity index (χ4v) is 6.76.